The maximum atomic E-state index is 12.4. The van der Waals surface area contributed by atoms with Crippen LogP contribution in [0, 0.1) is 13.8 Å². The summed E-state index contributed by atoms with van der Waals surface area (Å²) in [5, 5.41) is 0. The van der Waals surface area contributed by atoms with E-state index in [2.05, 4.69) is 0 Å². The highest BCUT2D eigenvalue weighted by atomic mass is 16.3. The van der Waals surface area contributed by atoms with Gasteiger partial charge in [-0.3, -0.25) is 9.59 Å². The second-order valence-corrected chi connectivity index (χ2v) is 5.50. The zero-order chi connectivity index (χ0) is 15.7. The minimum atomic E-state index is -0.150. The molecule has 1 aliphatic heterocycles. The highest BCUT2D eigenvalue weighted by Crippen LogP contribution is 2.20. The number of hydrogen-bond acceptors (Lipinski definition) is 3. The summed E-state index contributed by atoms with van der Waals surface area (Å²) in [4.78, 5) is 28.1. The summed E-state index contributed by atoms with van der Waals surface area (Å²) in [6.07, 6.45) is 1.49. The number of nitrogens with zero attached hydrogens (tertiary/aromatic N) is 2. The Hall–Kier alpha value is -2.56. The van der Waals surface area contributed by atoms with E-state index in [1.165, 1.54) is 6.26 Å². The number of benzene rings is 1. The molecule has 114 valence electrons. The van der Waals surface area contributed by atoms with Gasteiger partial charge in [0.2, 0.25) is 5.91 Å². The van der Waals surface area contributed by atoms with Crippen molar-refractivity contribution >= 4 is 17.5 Å². The van der Waals surface area contributed by atoms with Crippen molar-refractivity contribution in [2.75, 3.05) is 24.5 Å². The van der Waals surface area contributed by atoms with Crippen molar-refractivity contribution in [1.29, 1.82) is 0 Å². The summed E-state index contributed by atoms with van der Waals surface area (Å²) >= 11 is 0. The van der Waals surface area contributed by atoms with Gasteiger partial charge in [-0.05, 0) is 32.0 Å². The van der Waals surface area contributed by atoms with Crippen LogP contribution in [0.5, 0.6) is 0 Å². The summed E-state index contributed by atoms with van der Waals surface area (Å²) in [7, 11) is 0. The Morgan fingerprint density at radius 3 is 2.41 bits per heavy atom. The van der Waals surface area contributed by atoms with Gasteiger partial charge in [0.1, 0.15) is 12.3 Å². The first-order chi connectivity index (χ1) is 10.6. The molecule has 0 aliphatic carbocycles. The van der Waals surface area contributed by atoms with E-state index < -0.39 is 0 Å². The van der Waals surface area contributed by atoms with Crippen LogP contribution >= 0.6 is 0 Å². The number of hydrogen-bond donors (Lipinski definition) is 0. The van der Waals surface area contributed by atoms with Crippen molar-refractivity contribution in [2.45, 2.75) is 13.8 Å². The summed E-state index contributed by atoms with van der Waals surface area (Å²) in [5.41, 5.74) is 2.55. The lowest BCUT2D eigenvalue weighted by Crippen LogP contribution is -2.52. The number of carbonyl (C=O) groups excluding carboxylic acids is 2. The van der Waals surface area contributed by atoms with Gasteiger partial charge in [-0.1, -0.05) is 17.7 Å². The molecule has 0 unspecified atom stereocenters. The smallest absolute Gasteiger partial charge is 0.257 e. The number of carbonyl (C=O) groups is 2. The molecule has 3 rings (SSSR count). The van der Waals surface area contributed by atoms with E-state index in [1.807, 2.05) is 31.2 Å². The Bertz CT molecular complexity index is 703. The Balaban J connectivity index is 1.72. The van der Waals surface area contributed by atoms with E-state index in [1.54, 1.807) is 22.8 Å². The van der Waals surface area contributed by atoms with Gasteiger partial charge in [-0.25, -0.2) is 0 Å². The topological polar surface area (TPSA) is 53.8 Å². The van der Waals surface area contributed by atoms with E-state index in [-0.39, 0.29) is 18.4 Å². The molecule has 0 N–H and O–H groups in total. The lowest BCUT2D eigenvalue weighted by atomic mass is 10.1. The van der Waals surface area contributed by atoms with Gasteiger partial charge >= 0.3 is 0 Å². The lowest BCUT2D eigenvalue weighted by molar-refractivity contribution is -0.120. The molecular formula is C17H18N2O3. The van der Waals surface area contributed by atoms with Crippen molar-refractivity contribution < 1.29 is 14.0 Å². The molecule has 0 atom stereocenters. The van der Waals surface area contributed by atoms with Crippen molar-refractivity contribution in [2.24, 2.45) is 0 Å². The summed E-state index contributed by atoms with van der Waals surface area (Å²) in [5.74, 6) is 0.367. The first kappa shape index (κ1) is 14.4. The third-order valence-electron chi connectivity index (χ3n) is 3.94. The molecule has 0 spiro atoms. The fourth-order valence-electron chi connectivity index (χ4n) is 2.62. The molecule has 1 aromatic carbocycles. The molecule has 0 bridgehead atoms. The first-order valence-electron chi connectivity index (χ1n) is 7.26. The van der Waals surface area contributed by atoms with E-state index in [0.717, 1.165) is 11.3 Å². The third kappa shape index (κ3) is 2.62. The van der Waals surface area contributed by atoms with Crippen LogP contribution in [0.1, 0.15) is 21.7 Å². The van der Waals surface area contributed by atoms with Crippen LogP contribution in [-0.4, -0.2) is 36.3 Å². The van der Waals surface area contributed by atoms with Gasteiger partial charge in [0.05, 0.1) is 11.8 Å². The number of aryl methyl sites for hydroxylation is 2. The minimum Gasteiger partial charge on any atom is -0.469 e. The zero-order valence-electron chi connectivity index (χ0n) is 12.7. The molecule has 1 aromatic heterocycles. The predicted octanol–water partition coefficient (Wildman–Crippen LogP) is 2.39. The highest BCUT2D eigenvalue weighted by Gasteiger charge is 2.29. The second kappa shape index (κ2) is 5.67. The summed E-state index contributed by atoms with van der Waals surface area (Å²) in [6.45, 7) is 4.87. The molecular weight excluding hydrogens is 280 g/mol. The van der Waals surface area contributed by atoms with Crippen LogP contribution < -0.4 is 4.90 Å². The van der Waals surface area contributed by atoms with Gasteiger partial charge < -0.3 is 14.2 Å². The SMILES string of the molecule is Cc1ccc(N2CCN(C(=O)c3ccoc3C)CC2=O)cc1. The van der Waals surface area contributed by atoms with Gasteiger partial charge in [0.15, 0.2) is 0 Å². The Morgan fingerprint density at radius 2 is 1.82 bits per heavy atom. The molecule has 5 nitrogen and oxygen atoms in total. The largest absolute Gasteiger partial charge is 0.469 e. The van der Waals surface area contributed by atoms with Crippen molar-refractivity contribution in [3.63, 3.8) is 0 Å². The molecule has 5 heteroatoms. The predicted molar refractivity (Wildman–Crippen MR) is 82.9 cm³/mol. The molecule has 1 aliphatic rings. The normalized spacial score (nSPS) is 15.3. The molecule has 0 saturated carbocycles. The van der Waals surface area contributed by atoms with E-state index in [0.29, 0.717) is 24.4 Å². The van der Waals surface area contributed by atoms with Crippen molar-refractivity contribution in [3.8, 4) is 0 Å². The molecule has 1 saturated heterocycles. The van der Waals surface area contributed by atoms with Gasteiger partial charge in [0, 0.05) is 18.8 Å². The van der Waals surface area contributed by atoms with Gasteiger partial charge in [-0.2, -0.15) is 0 Å². The molecule has 2 heterocycles. The van der Waals surface area contributed by atoms with Crippen LogP contribution in [0.3, 0.4) is 0 Å². The zero-order valence-corrected chi connectivity index (χ0v) is 12.7. The van der Waals surface area contributed by atoms with Crippen LogP contribution in [0.15, 0.2) is 41.0 Å². The first-order valence-corrected chi connectivity index (χ1v) is 7.26. The second-order valence-electron chi connectivity index (χ2n) is 5.50. The van der Waals surface area contributed by atoms with E-state index in [4.69, 9.17) is 4.42 Å². The number of piperazine rings is 1. The molecule has 2 aromatic rings. The summed E-state index contributed by atoms with van der Waals surface area (Å²) < 4.78 is 5.16. The maximum Gasteiger partial charge on any atom is 0.257 e. The number of rotatable bonds is 2. The molecule has 1 fully saturated rings. The van der Waals surface area contributed by atoms with Crippen molar-refractivity contribution in [1.82, 2.24) is 4.90 Å². The van der Waals surface area contributed by atoms with Gasteiger partial charge in [0.25, 0.3) is 5.91 Å². The number of amides is 2. The fraction of sp³-hybridized carbons (Fsp3) is 0.294. The van der Waals surface area contributed by atoms with Crippen LogP contribution in [-0.2, 0) is 4.79 Å². The minimum absolute atomic E-state index is 0.0652. The maximum absolute atomic E-state index is 12.4. The van der Waals surface area contributed by atoms with Crippen LogP contribution in [0.4, 0.5) is 5.69 Å². The molecule has 22 heavy (non-hydrogen) atoms. The standard InChI is InChI=1S/C17H18N2O3/c1-12-3-5-14(6-4-12)19-9-8-18(11-16(19)20)17(21)15-7-10-22-13(15)2/h3-7,10H,8-9,11H2,1-2H3. The van der Waals surface area contributed by atoms with Crippen LogP contribution in [0.2, 0.25) is 0 Å². The van der Waals surface area contributed by atoms with Crippen LogP contribution in [0.25, 0.3) is 0 Å². The van der Waals surface area contributed by atoms with E-state index in [9.17, 15) is 9.59 Å². The lowest BCUT2D eigenvalue weighted by Gasteiger charge is -2.34. The molecule has 2 amide bonds. The fourth-order valence-corrected chi connectivity index (χ4v) is 2.62. The monoisotopic (exact) mass is 298 g/mol. The summed E-state index contributed by atoms with van der Waals surface area (Å²) in [6, 6.07) is 9.48. The number of furan rings is 1. The average molecular weight is 298 g/mol. The molecule has 0 radical (unpaired) electrons. The number of anilines is 1. The Labute approximate surface area is 129 Å². The quantitative estimate of drug-likeness (QED) is 0.855. The Kier molecular flexibility index (Phi) is 3.71. The van der Waals surface area contributed by atoms with Gasteiger partial charge in [-0.15, -0.1) is 0 Å². The Morgan fingerprint density at radius 1 is 1.09 bits per heavy atom. The highest BCUT2D eigenvalue weighted by molar-refractivity contribution is 6.02. The third-order valence-corrected chi connectivity index (χ3v) is 3.94. The average Bonchev–Trinajstić information content (AvgIpc) is 2.93. The van der Waals surface area contributed by atoms with E-state index >= 15 is 0 Å². The van der Waals surface area contributed by atoms with Crippen molar-refractivity contribution in [3.05, 3.63) is 53.5 Å².